The fourth-order valence-electron chi connectivity index (χ4n) is 2.62. The zero-order chi connectivity index (χ0) is 10.7. The van der Waals surface area contributed by atoms with Crippen LogP contribution in [0.3, 0.4) is 0 Å². The van der Waals surface area contributed by atoms with E-state index in [0.717, 1.165) is 25.0 Å². The summed E-state index contributed by atoms with van der Waals surface area (Å²) in [5.41, 5.74) is 0. The highest BCUT2D eigenvalue weighted by atomic mass is 16.3. The maximum Gasteiger partial charge on any atom is 0.0443 e. The third kappa shape index (κ3) is 3.16. The molecule has 0 amide bonds. The standard InChI is InChI=1S/C12H24N2O/c1-13(7-3-9-15)12-4-2-8-14(10-12)11-5-6-11/h11-12,15H,2-10H2,1H3. The molecule has 2 rings (SSSR count). The Kier molecular flexibility index (Phi) is 4.00. The number of hydrogen-bond donors (Lipinski definition) is 1. The lowest BCUT2D eigenvalue weighted by atomic mass is 10.0. The average Bonchev–Trinajstić information content (AvgIpc) is 3.10. The summed E-state index contributed by atoms with van der Waals surface area (Å²) in [7, 11) is 2.21. The van der Waals surface area contributed by atoms with E-state index in [1.54, 1.807) is 0 Å². The first-order valence-electron chi connectivity index (χ1n) is 6.36. The van der Waals surface area contributed by atoms with Crippen molar-refractivity contribution in [2.75, 3.05) is 33.3 Å². The number of piperidine rings is 1. The van der Waals surface area contributed by atoms with Crippen LogP contribution in [-0.2, 0) is 0 Å². The molecular formula is C12H24N2O. The van der Waals surface area contributed by atoms with Crippen LogP contribution in [0.2, 0.25) is 0 Å². The summed E-state index contributed by atoms with van der Waals surface area (Å²) in [6, 6.07) is 1.64. The molecule has 0 aromatic carbocycles. The Morgan fingerprint density at radius 1 is 1.33 bits per heavy atom. The third-order valence-electron chi connectivity index (χ3n) is 3.78. The summed E-state index contributed by atoms with van der Waals surface area (Å²) in [5, 5.41) is 8.83. The van der Waals surface area contributed by atoms with Crippen molar-refractivity contribution in [3.05, 3.63) is 0 Å². The minimum Gasteiger partial charge on any atom is -0.396 e. The van der Waals surface area contributed by atoms with E-state index in [0.29, 0.717) is 6.61 Å². The number of rotatable bonds is 5. The molecule has 15 heavy (non-hydrogen) atoms. The highest BCUT2D eigenvalue weighted by molar-refractivity contribution is 4.90. The second kappa shape index (κ2) is 5.28. The van der Waals surface area contributed by atoms with Crippen molar-refractivity contribution in [1.29, 1.82) is 0 Å². The molecule has 1 atom stereocenters. The largest absolute Gasteiger partial charge is 0.396 e. The Labute approximate surface area is 93.1 Å². The van der Waals surface area contributed by atoms with Crippen LogP contribution < -0.4 is 0 Å². The lowest BCUT2D eigenvalue weighted by Gasteiger charge is -2.37. The predicted molar refractivity (Wildman–Crippen MR) is 61.9 cm³/mol. The van der Waals surface area contributed by atoms with Gasteiger partial charge in [-0.1, -0.05) is 0 Å². The van der Waals surface area contributed by atoms with Crippen molar-refractivity contribution in [1.82, 2.24) is 9.80 Å². The summed E-state index contributed by atoms with van der Waals surface area (Å²) in [5.74, 6) is 0. The molecular weight excluding hydrogens is 188 g/mol. The summed E-state index contributed by atoms with van der Waals surface area (Å²) in [6.07, 6.45) is 6.45. The summed E-state index contributed by atoms with van der Waals surface area (Å²) in [6.45, 7) is 3.94. The second-order valence-corrected chi connectivity index (χ2v) is 5.08. The smallest absolute Gasteiger partial charge is 0.0443 e. The number of aliphatic hydroxyl groups is 1. The highest BCUT2D eigenvalue weighted by Gasteiger charge is 2.33. The SMILES string of the molecule is CN(CCCO)C1CCCN(C2CC2)C1. The van der Waals surface area contributed by atoms with Gasteiger partial charge in [0.05, 0.1) is 0 Å². The number of aliphatic hydroxyl groups excluding tert-OH is 1. The Bertz CT molecular complexity index is 194. The van der Waals surface area contributed by atoms with E-state index in [1.807, 2.05) is 0 Å². The molecule has 0 spiro atoms. The monoisotopic (exact) mass is 212 g/mol. The van der Waals surface area contributed by atoms with E-state index in [1.165, 1.54) is 38.8 Å². The van der Waals surface area contributed by atoms with Gasteiger partial charge in [-0.15, -0.1) is 0 Å². The first-order valence-corrected chi connectivity index (χ1v) is 6.36. The van der Waals surface area contributed by atoms with E-state index in [9.17, 15) is 0 Å². The van der Waals surface area contributed by atoms with Gasteiger partial charge in [0.1, 0.15) is 0 Å². The van der Waals surface area contributed by atoms with Gasteiger partial charge in [0.15, 0.2) is 0 Å². The second-order valence-electron chi connectivity index (χ2n) is 5.08. The minimum absolute atomic E-state index is 0.323. The quantitative estimate of drug-likeness (QED) is 0.734. The van der Waals surface area contributed by atoms with Crippen molar-refractivity contribution in [3.8, 4) is 0 Å². The molecule has 1 saturated heterocycles. The molecule has 1 saturated carbocycles. The van der Waals surface area contributed by atoms with Gasteiger partial charge in [-0.25, -0.2) is 0 Å². The Morgan fingerprint density at radius 2 is 2.13 bits per heavy atom. The summed E-state index contributed by atoms with van der Waals surface area (Å²) < 4.78 is 0. The van der Waals surface area contributed by atoms with Crippen molar-refractivity contribution in [2.24, 2.45) is 0 Å². The minimum atomic E-state index is 0.323. The Balaban J connectivity index is 1.75. The molecule has 1 aliphatic heterocycles. The Hall–Kier alpha value is -0.120. The molecule has 1 N–H and O–H groups in total. The van der Waals surface area contributed by atoms with Crippen LogP contribution in [0.5, 0.6) is 0 Å². The number of nitrogens with zero attached hydrogens (tertiary/aromatic N) is 2. The van der Waals surface area contributed by atoms with Gasteiger partial charge >= 0.3 is 0 Å². The van der Waals surface area contributed by atoms with Gasteiger partial charge in [-0.3, -0.25) is 4.90 Å². The number of likely N-dealkylation sites (N-methyl/N-ethyl adjacent to an activating group) is 1. The van der Waals surface area contributed by atoms with Crippen LogP contribution in [0.25, 0.3) is 0 Å². The lowest BCUT2D eigenvalue weighted by Crippen LogP contribution is -2.47. The van der Waals surface area contributed by atoms with E-state index in [2.05, 4.69) is 16.8 Å². The molecule has 2 aliphatic rings. The first kappa shape index (κ1) is 11.4. The van der Waals surface area contributed by atoms with E-state index in [4.69, 9.17) is 5.11 Å². The average molecular weight is 212 g/mol. The molecule has 0 radical (unpaired) electrons. The molecule has 1 unspecified atom stereocenters. The van der Waals surface area contributed by atoms with Crippen LogP contribution in [0.4, 0.5) is 0 Å². The molecule has 0 aromatic heterocycles. The van der Waals surface area contributed by atoms with Crippen molar-refractivity contribution < 1.29 is 5.11 Å². The van der Waals surface area contributed by atoms with E-state index in [-0.39, 0.29) is 0 Å². The molecule has 3 nitrogen and oxygen atoms in total. The maximum absolute atomic E-state index is 8.83. The lowest BCUT2D eigenvalue weighted by molar-refractivity contribution is 0.106. The van der Waals surface area contributed by atoms with Crippen LogP contribution in [0.15, 0.2) is 0 Å². The summed E-state index contributed by atoms with van der Waals surface area (Å²) in [4.78, 5) is 5.11. The van der Waals surface area contributed by atoms with Gasteiger partial charge in [0.2, 0.25) is 0 Å². The zero-order valence-electron chi connectivity index (χ0n) is 9.86. The van der Waals surface area contributed by atoms with Gasteiger partial charge < -0.3 is 10.0 Å². The number of hydrogen-bond acceptors (Lipinski definition) is 3. The molecule has 0 bridgehead atoms. The van der Waals surface area contributed by atoms with Crippen molar-refractivity contribution in [2.45, 2.75) is 44.2 Å². The van der Waals surface area contributed by atoms with E-state index >= 15 is 0 Å². The van der Waals surface area contributed by atoms with E-state index < -0.39 is 0 Å². The molecule has 2 fully saturated rings. The van der Waals surface area contributed by atoms with Crippen LogP contribution in [0.1, 0.15) is 32.1 Å². The molecule has 1 aliphatic carbocycles. The summed E-state index contributed by atoms with van der Waals surface area (Å²) >= 11 is 0. The molecule has 0 aromatic rings. The van der Waals surface area contributed by atoms with Gasteiger partial charge in [-0.2, -0.15) is 0 Å². The van der Waals surface area contributed by atoms with Crippen LogP contribution >= 0.6 is 0 Å². The third-order valence-corrected chi connectivity index (χ3v) is 3.78. The highest BCUT2D eigenvalue weighted by Crippen LogP contribution is 2.30. The Morgan fingerprint density at radius 3 is 2.80 bits per heavy atom. The first-order chi connectivity index (χ1) is 7.31. The van der Waals surface area contributed by atoms with Crippen LogP contribution in [-0.4, -0.2) is 60.3 Å². The topological polar surface area (TPSA) is 26.7 Å². The zero-order valence-corrected chi connectivity index (χ0v) is 9.86. The fourth-order valence-corrected chi connectivity index (χ4v) is 2.62. The normalized spacial score (nSPS) is 28.6. The van der Waals surface area contributed by atoms with Crippen molar-refractivity contribution >= 4 is 0 Å². The van der Waals surface area contributed by atoms with Crippen molar-refractivity contribution in [3.63, 3.8) is 0 Å². The molecule has 88 valence electrons. The number of likely N-dealkylation sites (tertiary alicyclic amines) is 1. The maximum atomic E-state index is 8.83. The molecule has 3 heteroatoms. The fraction of sp³-hybridized carbons (Fsp3) is 1.00. The predicted octanol–water partition coefficient (Wildman–Crippen LogP) is 0.927. The molecule has 1 heterocycles. The van der Waals surface area contributed by atoms with Gasteiger partial charge in [0, 0.05) is 31.8 Å². The van der Waals surface area contributed by atoms with Gasteiger partial charge in [-0.05, 0) is 45.7 Å². The van der Waals surface area contributed by atoms with Gasteiger partial charge in [0.25, 0.3) is 0 Å². The van der Waals surface area contributed by atoms with Crippen LogP contribution in [0, 0.1) is 0 Å².